The number of anilines is 1. The number of methoxy groups -OCH3 is 2. The summed E-state index contributed by atoms with van der Waals surface area (Å²) in [5, 5.41) is 2.72. The van der Waals surface area contributed by atoms with Crippen LogP contribution in [0.5, 0.6) is 11.5 Å². The van der Waals surface area contributed by atoms with Gasteiger partial charge in [0.05, 0.1) is 19.5 Å². The fourth-order valence-electron chi connectivity index (χ4n) is 2.09. The van der Waals surface area contributed by atoms with Crippen molar-refractivity contribution in [2.75, 3.05) is 25.8 Å². The summed E-state index contributed by atoms with van der Waals surface area (Å²) in [5.74, 6) is 1.30. The zero-order valence-electron chi connectivity index (χ0n) is 14.2. The average Bonchev–Trinajstić information content (AvgIpc) is 2.61. The molecule has 0 aliphatic rings. The van der Waals surface area contributed by atoms with Crippen molar-refractivity contribution in [3.8, 4) is 11.5 Å². The van der Waals surface area contributed by atoms with E-state index in [9.17, 15) is 4.79 Å². The average molecular weight is 364 g/mol. The van der Waals surface area contributed by atoms with E-state index < -0.39 is 0 Å². The molecular weight excluding hydrogens is 342 g/mol. The number of carbonyl (C=O) groups is 1. The van der Waals surface area contributed by atoms with Gasteiger partial charge in [-0.15, -0.1) is 23.5 Å². The molecule has 0 aliphatic carbocycles. The highest BCUT2D eigenvalue weighted by Gasteiger charge is 2.16. The molecule has 0 saturated carbocycles. The molecule has 0 bridgehead atoms. The van der Waals surface area contributed by atoms with Crippen LogP contribution in [-0.4, -0.2) is 31.6 Å². The second-order valence-electron chi connectivity index (χ2n) is 5.00. The molecule has 0 radical (unpaired) electrons. The lowest BCUT2D eigenvalue weighted by Crippen LogP contribution is -2.22. The lowest BCUT2D eigenvalue weighted by molar-refractivity contribution is -0.115. The number of hydrogen-bond acceptors (Lipinski definition) is 5. The van der Waals surface area contributed by atoms with E-state index in [0.717, 1.165) is 15.5 Å². The van der Waals surface area contributed by atoms with Crippen molar-refractivity contribution in [1.29, 1.82) is 0 Å². The van der Waals surface area contributed by atoms with E-state index >= 15 is 0 Å². The van der Waals surface area contributed by atoms with Crippen LogP contribution in [-0.2, 0) is 4.79 Å². The number of thioether (sulfide) groups is 2. The van der Waals surface area contributed by atoms with Gasteiger partial charge in [0.1, 0.15) is 0 Å². The Balaban J connectivity index is 2.03. The highest BCUT2D eigenvalue weighted by molar-refractivity contribution is 8.00. The summed E-state index contributed by atoms with van der Waals surface area (Å²) in [6, 6.07) is 13.5. The summed E-state index contributed by atoms with van der Waals surface area (Å²) in [5.41, 5.74) is 0.812. The van der Waals surface area contributed by atoms with Crippen LogP contribution in [0.15, 0.2) is 52.3 Å². The van der Waals surface area contributed by atoms with Crippen LogP contribution in [0.3, 0.4) is 0 Å². The predicted octanol–water partition coefficient (Wildman–Crippen LogP) is 4.55. The van der Waals surface area contributed by atoms with Gasteiger partial charge in [-0.1, -0.05) is 6.07 Å². The maximum atomic E-state index is 12.4. The van der Waals surface area contributed by atoms with Crippen LogP contribution < -0.4 is 14.8 Å². The molecule has 2 aromatic carbocycles. The summed E-state index contributed by atoms with van der Waals surface area (Å²) < 4.78 is 10.5. The lowest BCUT2D eigenvalue weighted by Gasteiger charge is -2.14. The molecule has 0 spiro atoms. The fraction of sp³-hybridized carbons (Fsp3) is 0.278. The molecule has 0 fully saturated rings. The minimum atomic E-state index is -0.235. The van der Waals surface area contributed by atoms with Crippen LogP contribution in [0.25, 0.3) is 0 Å². The zero-order chi connectivity index (χ0) is 17.5. The number of carbonyl (C=O) groups excluding carboxylic acids is 1. The zero-order valence-corrected chi connectivity index (χ0v) is 15.8. The molecule has 2 rings (SSSR count). The first-order valence-electron chi connectivity index (χ1n) is 7.41. The first-order chi connectivity index (χ1) is 11.6. The van der Waals surface area contributed by atoms with Crippen molar-refractivity contribution >= 4 is 35.1 Å². The molecule has 24 heavy (non-hydrogen) atoms. The standard InChI is InChI=1S/C18H21NO3S2/c1-12(18(20)19-13-6-5-7-14(10-13)23-4)24-15-8-9-16(21-2)17(11-15)22-3/h5-12H,1-4H3,(H,19,20). The van der Waals surface area contributed by atoms with Gasteiger partial charge in [-0.05, 0) is 49.6 Å². The van der Waals surface area contributed by atoms with Crippen LogP contribution in [0.1, 0.15) is 6.92 Å². The third-order valence-corrected chi connectivity index (χ3v) is 5.19. The molecule has 2 aromatic rings. The first kappa shape index (κ1) is 18.5. The molecule has 0 heterocycles. The number of hydrogen-bond donors (Lipinski definition) is 1. The smallest absolute Gasteiger partial charge is 0.237 e. The molecule has 1 unspecified atom stereocenters. The maximum absolute atomic E-state index is 12.4. The Bertz CT molecular complexity index is 706. The molecule has 0 saturated heterocycles. The fourth-order valence-corrected chi connectivity index (χ4v) is 3.45. The molecule has 128 valence electrons. The van der Waals surface area contributed by atoms with Gasteiger partial charge in [-0.25, -0.2) is 0 Å². The Morgan fingerprint density at radius 2 is 1.79 bits per heavy atom. The quantitative estimate of drug-likeness (QED) is 0.732. The van der Waals surface area contributed by atoms with Gasteiger partial charge < -0.3 is 14.8 Å². The summed E-state index contributed by atoms with van der Waals surface area (Å²) in [7, 11) is 3.20. The number of nitrogens with one attached hydrogen (secondary N) is 1. The maximum Gasteiger partial charge on any atom is 0.237 e. The largest absolute Gasteiger partial charge is 0.493 e. The molecular formula is C18H21NO3S2. The monoisotopic (exact) mass is 363 g/mol. The third-order valence-electron chi connectivity index (χ3n) is 3.37. The van der Waals surface area contributed by atoms with E-state index in [1.54, 1.807) is 26.0 Å². The van der Waals surface area contributed by atoms with Crippen molar-refractivity contribution in [3.05, 3.63) is 42.5 Å². The Morgan fingerprint density at radius 3 is 2.46 bits per heavy atom. The summed E-state index contributed by atoms with van der Waals surface area (Å²) in [6.45, 7) is 1.88. The van der Waals surface area contributed by atoms with Crippen LogP contribution in [0.2, 0.25) is 0 Å². The van der Waals surface area contributed by atoms with E-state index in [4.69, 9.17) is 9.47 Å². The van der Waals surface area contributed by atoms with Gasteiger partial charge in [0, 0.05) is 15.5 Å². The van der Waals surface area contributed by atoms with E-state index in [2.05, 4.69) is 5.32 Å². The van der Waals surface area contributed by atoms with Crippen molar-refractivity contribution in [1.82, 2.24) is 0 Å². The van der Waals surface area contributed by atoms with E-state index in [0.29, 0.717) is 11.5 Å². The van der Waals surface area contributed by atoms with E-state index in [1.165, 1.54) is 11.8 Å². The molecule has 0 aliphatic heterocycles. The second-order valence-corrected chi connectivity index (χ2v) is 7.29. The summed E-state index contributed by atoms with van der Waals surface area (Å²) in [4.78, 5) is 14.5. The van der Waals surface area contributed by atoms with Crippen molar-refractivity contribution in [3.63, 3.8) is 0 Å². The highest BCUT2D eigenvalue weighted by Crippen LogP contribution is 2.33. The molecule has 1 N–H and O–H groups in total. The molecule has 1 atom stereocenters. The molecule has 4 nitrogen and oxygen atoms in total. The van der Waals surface area contributed by atoms with Gasteiger partial charge in [-0.2, -0.15) is 0 Å². The van der Waals surface area contributed by atoms with Crippen LogP contribution >= 0.6 is 23.5 Å². The topological polar surface area (TPSA) is 47.6 Å². The third kappa shape index (κ3) is 4.85. The van der Waals surface area contributed by atoms with Crippen molar-refractivity contribution in [2.45, 2.75) is 22.0 Å². The second kappa shape index (κ2) is 8.89. The van der Waals surface area contributed by atoms with Gasteiger partial charge in [0.2, 0.25) is 5.91 Å². The SMILES string of the molecule is COc1ccc(SC(C)C(=O)Nc2cccc(SC)c2)cc1OC. The van der Waals surface area contributed by atoms with Gasteiger partial charge in [-0.3, -0.25) is 4.79 Å². The minimum Gasteiger partial charge on any atom is -0.493 e. The number of ether oxygens (including phenoxy) is 2. The normalized spacial score (nSPS) is 11.7. The van der Waals surface area contributed by atoms with Crippen molar-refractivity contribution < 1.29 is 14.3 Å². The number of benzene rings is 2. The predicted molar refractivity (Wildman–Crippen MR) is 102 cm³/mol. The van der Waals surface area contributed by atoms with Gasteiger partial charge in [0.15, 0.2) is 11.5 Å². The van der Waals surface area contributed by atoms with Gasteiger partial charge in [0.25, 0.3) is 0 Å². The first-order valence-corrected chi connectivity index (χ1v) is 9.51. The lowest BCUT2D eigenvalue weighted by atomic mass is 10.3. The number of amides is 1. The van der Waals surface area contributed by atoms with Gasteiger partial charge >= 0.3 is 0 Å². The minimum absolute atomic E-state index is 0.0342. The summed E-state index contributed by atoms with van der Waals surface area (Å²) >= 11 is 3.12. The summed E-state index contributed by atoms with van der Waals surface area (Å²) in [6.07, 6.45) is 2.01. The Morgan fingerprint density at radius 1 is 1.04 bits per heavy atom. The molecule has 0 aromatic heterocycles. The molecule has 1 amide bonds. The van der Waals surface area contributed by atoms with Crippen LogP contribution in [0.4, 0.5) is 5.69 Å². The van der Waals surface area contributed by atoms with Crippen molar-refractivity contribution in [2.24, 2.45) is 0 Å². The Hall–Kier alpha value is -1.79. The van der Waals surface area contributed by atoms with E-state index in [-0.39, 0.29) is 11.2 Å². The Kier molecular flexibility index (Phi) is 6.87. The van der Waals surface area contributed by atoms with E-state index in [1.807, 2.05) is 55.6 Å². The molecule has 6 heteroatoms. The highest BCUT2D eigenvalue weighted by atomic mass is 32.2. The Labute approximate surface area is 151 Å². The van der Waals surface area contributed by atoms with Crippen LogP contribution in [0, 0.1) is 0 Å². The number of rotatable bonds is 7.